The third-order valence-corrected chi connectivity index (χ3v) is 4.05. The van der Waals surface area contributed by atoms with Gasteiger partial charge in [0.1, 0.15) is 11.9 Å². The van der Waals surface area contributed by atoms with Crippen LogP contribution in [0.15, 0.2) is 72.8 Å². The lowest BCUT2D eigenvalue weighted by molar-refractivity contribution is 0.243. The van der Waals surface area contributed by atoms with Gasteiger partial charge < -0.3 is 4.74 Å². The third-order valence-electron chi connectivity index (χ3n) is 4.05. The molecule has 102 valence electrons. The Balaban J connectivity index is 1.90. The molecule has 3 aromatic carbocycles. The maximum Gasteiger partial charge on any atom is 0.149 e. The van der Waals surface area contributed by atoms with Crippen LogP contribution in [0.1, 0.15) is 22.8 Å². The number of hydrogen-bond acceptors (Lipinski definition) is 1. The molecular formula is C20H16O. The van der Waals surface area contributed by atoms with E-state index in [1.807, 2.05) is 12.1 Å². The summed E-state index contributed by atoms with van der Waals surface area (Å²) in [5, 5.41) is 0. The molecule has 21 heavy (non-hydrogen) atoms. The molecule has 1 atom stereocenters. The highest BCUT2D eigenvalue weighted by atomic mass is 16.5. The van der Waals surface area contributed by atoms with E-state index in [4.69, 9.17) is 4.74 Å². The highest BCUT2D eigenvalue weighted by Crippen LogP contribution is 2.44. The van der Waals surface area contributed by atoms with Crippen molar-refractivity contribution in [3.8, 4) is 16.9 Å². The Labute approximate surface area is 124 Å². The molecule has 1 nitrogen and oxygen atoms in total. The SMILES string of the molecule is Cc1ccc(C2Oc3ccccc3-c3ccccc32)cc1. The van der Waals surface area contributed by atoms with Crippen LogP contribution in [0.5, 0.6) is 5.75 Å². The van der Waals surface area contributed by atoms with Crippen molar-refractivity contribution in [2.75, 3.05) is 0 Å². The first-order valence-electron chi connectivity index (χ1n) is 7.24. The van der Waals surface area contributed by atoms with Crippen molar-refractivity contribution in [3.63, 3.8) is 0 Å². The molecule has 0 spiro atoms. The van der Waals surface area contributed by atoms with E-state index in [1.165, 1.54) is 27.8 Å². The summed E-state index contributed by atoms with van der Waals surface area (Å²) in [6.07, 6.45) is -0.0308. The fraction of sp³-hybridized carbons (Fsp3) is 0.100. The van der Waals surface area contributed by atoms with Crippen LogP contribution < -0.4 is 4.74 Å². The Kier molecular flexibility index (Phi) is 2.78. The van der Waals surface area contributed by atoms with Gasteiger partial charge in [-0.25, -0.2) is 0 Å². The van der Waals surface area contributed by atoms with Crippen LogP contribution in [-0.4, -0.2) is 0 Å². The summed E-state index contributed by atoms with van der Waals surface area (Å²) in [4.78, 5) is 0. The highest BCUT2D eigenvalue weighted by Gasteiger charge is 2.26. The number of rotatable bonds is 1. The number of hydrogen-bond donors (Lipinski definition) is 0. The molecule has 0 fully saturated rings. The van der Waals surface area contributed by atoms with Crippen LogP contribution in [-0.2, 0) is 0 Å². The molecule has 0 aliphatic carbocycles. The molecule has 0 aromatic heterocycles. The average Bonchev–Trinajstić information content (AvgIpc) is 2.55. The Morgan fingerprint density at radius 1 is 0.714 bits per heavy atom. The lowest BCUT2D eigenvalue weighted by atomic mass is 9.89. The molecule has 0 N–H and O–H groups in total. The van der Waals surface area contributed by atoms with Crippen LogP contribution in [0.25, 0.3) is 11.1 Å². The molecule has 1 heterocycles. The minimum atomic E-state index is -0.0308. The fourth-order valence-corrected chi connectivity index (χ4v) is 2.94. The lowest BCUT2D eigenvalue weighted by Gasteiger charge is -2.29. The second-order valence-electron chi connectivity index (χ2n) is 5.49. The maximum atomic E-state index is 6.28. The van der Waals surface area contributed by atoms with Crippen molar-refractivity contribution in [2.24, 2.45) is 0 Å². The Morgan fingerprint density at radius 2 is 1.38 bits per heavy atom. The lowest BCUT2D eigenvalue weighted by Crippen LogP contribution is -2.15. The van der Waals surface area contributed by atoms with E-state index in [0.717, 1.165) is 5.75 Å². The van der Waals surface area contributed by atoms with Gasteiger partial charge in [0, 0.05) is 11.1 Å². The van der Waals surface area contributed by atoms with E-state index in [9.17, 15) is 0 Å². The standard InChI is InChI=1S/C20H16O/c1-14-10-12-15(13-11-14)20-18-8-3-2-6-16(18)17-7-4-5-9-19(17)21-20/h2-13,20H,1H3. The first-order chi connectivity index (χ1) is 10.3. The predicted octanol–water partition coefficient (Wildman–Crippen LogP) is 5.14. The van der Waals surface area contributed by atoms with Crippen LogP contribution >= 0.6 is 0 Å². The second-order valence-corrected chi connectivity index (χ2v) is 5.49. The van der Waals surface area contributed by atoms with Gasteiger partial charge >= 0.3 is 0 Å². The Morgan fingerprint density at radius 3 is 2.19 bits per heavy atom. The Bertz CT molecular complexity index is 787. The average molecular weight is 272 g/mol. The molecule has 4 rings (SSSR count). The summed E-state index contributed by atoms with van der Waals surface area (Å²) >= 11 is 0. The monoisotopic (exact) mass is 272 g/mol. The van der Waals surface area contributed by atoms with E-state index in [2.05, 4.69) is 67.6 Å². The van der Waals surface area contributed by atoms with Crippen molar-refractivity contribution in [1.82, 2.24) is 0 Å². The summed E-state index contributed by atoms with van der Waals surface area (Å²) in [5.41, 5.74) is 6.15. The van der Waals surface area contributed by atoms with Gasteiger partial charge in [-0.15, -0.1) is 0 Å². The zero-order chi connectivity index (χ0) is 14.2. The largest absolute Gasteiger partial charge is 0.480 e. The number of ether oxygens (including phenoxy) is 1. The molecule has 0 saturated carbocycles. The minimum absolute atomic E-state index is 0.0308. The molecular weight excluding hydrogens is 256 g/mol. The predicted molar refractivity (Wildman–Crippen MR) is 85.5 cm³/mol. The summed E-state index contributed by atoms with van der Waals surface area (Å²) in [7, 11) is 0. The maximum absolute atomic E-state index is 6.28. The molecule has 0 amide bonds. The minimum Gasteiger partial charge on any atom is -0.480 e. The van der Waals surface area contributed by atoms with E-state index in [-0.39, 0.29) is 6.10 Å². The van der Waals surface area contributed by atoms with Crippen molar-refractivity contribution in [1.29, 1.82) is 0 Å². The van der Waals surface area contributed by atoms with Gasteiger partial charge in [0.05, 0.1) is 0 Å². The summed E-state index contributed by atoms with van der Waals surface area (Å²) in [6, 6.07) is 25.4. The van der Waals surface area contributed by atoms with Crippen LogP contribution in [0.2, 0.25) is 0 Å². The normalized spacial score (nSPS) is 15.8. The van der Waals surface area contributed by atoms with E-state index < -0.39 is 0 Å². The summed E-state index contributed by atoms with van der Waals surface area (Å²) in [6.45, 7) is 2.11. The van der Waals surface area contributed by atoms with Crippen molar-refractivity contribution >= 4 is 0 Å². The molecule has 1 heteroatoms. The van der Waals surface area contributed by atoms with Gasteiger partial charge in [0.15, 0.2) is 0 Å². The molecule has 0 saturated heterocycles. The van der Waals surface area contributed by atoms with Gasteiger partial charge in [-0.3, -0.25) is 0 Å². The zero-order valence-corrected chi connectivity index (χ0v) is 11.9. The molecule has 0 bridgehead atoms. The number of fused-ring (bicyclic) bond motifs is 3. The van der Waals surface area contributed by atoms with Crippen LogP contribution in [0, 0.1) is 6.92 Å². The Hall–Kier alpha value is -2.54. The quantitative estimate of drug-likeness (QED) is 0.595. The molecule has 3 aromatic rings. The zero-order valence-electron chi connectivity index (χ0n) is 11.9. The highest BCUT2D eigenvalue weighted by molar-refractivity contribution is 5.76. The van der Waals surface area contributed by atoms with Crippen molar-refractivity contribution in [2.45, 2.75) is 13.0 Å². The van der Waals surface area contributed by atoms with E-state index >= 15 is 0 Å². The first-order valence-corrected chi connectivity index (χ1v) is 7.24. The molecule has 1 aliphatic heterocycles. The van der Waals surface area contributed by atoms with Gasteiger partial charge in [-0.05, 0) is 24.1 Å². The molecule has 0 radical (unpaired) electrons. The van der Waals surface area contributed by atoms with Crippen LogP contribution in [0.3, 0.4) is 0 Å². The third kappa shape index (κ3) is 2.02. The summed E-state index contributed by atoms with van der Waals surface area (Å²) in [5.74, 6) is 0.960. The summed E-state index contributed by atoms with van der Waals surface area (Å²) < 4.78 is 6.28. The van der Waals surface area contributed by atoms with Gasteiger partial charge in [0.2, 0.25) is 0 Å². The van der Waals surface area contributed by atoms with Gasteiger partial charge in [-0.1, -0.05) is 72.3 Å². The number of aryl methyl sites for hydroxylation is 1. The van der Waals surface area contributed by atoms with Crippen molar-refractivity contribution < 1.29 is 4.74 Å². The number of benzene rings is 3. The van der Waals surface area contributed by atoms with Crippen LogP contribution in [0.4, 0.5) is 0 Å². The molecule has 1 unspecified atom stereocenters. The first kappa shape index (κ1) is 12.2. The smallest absolute Gasteiger partial charge is 0.149 e. The van der Waals surface area contributed by atoms with E-state index in [0.29, 0.717) is 0 Å². The number of para-hydroxylation sites is 1. The van der Waals surface area contributed by atoms with Crippen molar-refractivity contribution in [3.05, 3.63) is 89.5 Å². The fourth-order valence-electron chi connectivity index (χ4n) is 2.94. The van der Waals surface area contributed by atoms with Gasteiger partial charge in [0.25, 0.3) is 0 Å². The topological polar surface area (TPSA) is 9.23 Å². The second kappa shape index (κ2) is 4.78. The van der Waals surface area contributed by atoms with E-state index in [1.54, 1.807) is 0 Å². The molecule has 1 aliphatic rings. The van der Waals surface area contributed by atoms with Gasteiger partial charge in [-0.2, -0.15) is 0 Å².